The molecule has 0 saturated heterocycles. The summed E-state index contributed by atoms with van der Waals surface area (Å²) in [4.78, 5) is 8.41. The smallest absolute Gasteiger partial charge is 0.121 e. The number of hydrogen-bond donors (Lipinski definition) is 0. The largest absolute Gasteiger partial charge is 0.235 e. The summed E-state index contributed by atoms with van der Waals surface area (Å²) < 4.78 is 4.27. The SMILES string of the molecule is c1nc2ccc3ccc(-c4ccsn4)nnc3c2n1. The van der Waals surface area contributed by atoms with Gasteiger partial charge in [-0.3, -0.25) is 0 Å². The van der Waals surface area contributed by atoms with Crippen LogP contribution >= 0.6 is 11.5 Å². The third kappa shape index (κ3) is 1.65. The fraction of sp³-hybridized carbons (Fsp3) is 0. The summed E-state index contributed by atoms with van der Waals surface area (Å²) in [5.41, 5.74) is 3.97. The second-order valence-corrected chi connectivity index (χ2v) is 4.71. The lowest BCUT2D eigenvalue weighted by atomic mass is 10.2. The molecule has 19 heavy (non-hydrogen) atoms. The topological polar surface area (TPSA) is 64.5 Å². The normalized spacial score (nSPS) is 11.2. The Morgan fingerprint density at radius 1 is 0.789 bits per heavy atom. The standard InChI is InChI=1S/C13H7N5S/c1-3-9(10-5-6-19-18-10)16-17-12-8(1)2-4-11-13(12)15-7-14-11/h1-7H. The van der Waals surface area contributed by atoms with Crippen molar-refractivity contribution in [2.45, 2.75) is 0 Å². The molecule has 0 amide bonds. The second-order valence-electron chi connectivity index (χ2n) is 4.05. The summed E-state index contributed by atoms with van der Waals surface area (Å²) in [5, 5.41) is 11.5. The lowest BCUT2D eigenvalue weighted by Gasteiger charge is -1.90. The molecule has 0 saturated carbocycles. The van der Waals surface area contributed by atoms with E-state index >= 15 is 0 Å². The van der Waals surface area contributed by atoms with Gasteiger partial charge < -0.3 is 0 Å². The van der Waals surface area contributed by atoms with E-state index in [2.05, 4.69) is 24.5 Å². The first-order valence-corrected chi connectivity index (χ1v) is 6.53. The van der Waals surface area contributed by atoms with Gasteiger partial charge in [-0.15, -0.1) is 10.2 Å². The predicted molar refractivity (Wildman–Crippen MR) is 73.7 cm³/mol. The van der Waals surface area contributed by atoms with E-state index in [0.29, 0.717) is 0 Å². The summed E-state index contributed by atoms with van der Waals surface area (Å²) in [5.74, 6) is 0. The van der Waals surface area contributed by atoms with Crippen molar-refractivity contribution in [3.05, 3.63) is 42.0 Å². The van der Waals surface area contributed by atoms with Crippen molar-refractivity contribution in [3.63, 3.8) is 0 Å². The summed E-state index contributed by atoms with van der Waals surface area (Å²) in [7, 11) is 0. The van der Waals surface area contributed by atoms with Gasteiger partial charge in [0.2, 0.25) is 0 Å². The van der Waals surface area contributed by atoms with Crippen LogP contribution in [0.1, 0.15) is 0 Å². The van der Waals surface area contributed by atoms with Crippen LogP contribution < -0.4 is 0 Å². The highest BCUT2D eigenvalue weighted by atomic mass is 32.1. The van der Waals surface area contributed by atoms with E-state index in [-0.39, 0.29) is 0 Å². The molecule has 0 unspecified atom stereocenters. The molecule has 0 bridgehead atoms. The van der Waals surface area contributed by atoms with Gasteiger partial charge in [-0.05, 0) is 29.7 Å². The molecule has 0 radical (unpaired) electrons. The highest BCUT2D eigenvalue weighted by Crippen LogP contribution is 2.21. The third-order valence-corrected chi connectivity index (χ3v) is 3.48. The Labute approximate surface area is 112 Å². The van der Waals surface area contributed by atoms with E-state index in [1.807, 2.05) is 35.7 Å². The zero-order valence-corrected chi connectivity index (χ0v) is 10.5. The molecule has 4 aromatic rings. The van der Waals surface area contributed by atoms with Crippen molar-refractivity contribution in [2.24, 2.45) is 0 Å². The van der Waals surface area contributed by atoms with Crippen LogP contribution in [0, 0.1) is 0 Å². The number of rotatable bonds is 1. The highest BCUT2D eigenvalue weighted by molar-refractivity contribution is 7.03. The fourth-order valence-corrected chi connectivity index (χ4v) is 2.51. The van der Waals surface area contributed by atoms with Crippen LogP contribution in [0.4, 0.5) is 0 Å². The number of benzene rings is 1. The molecule has 0 spiro atoms. The first-order valence-electron chi connectivity index (χ1n) is 5.70. The summed E-state index contributed by atoms with van der Waals surface area (Å²) in [6, 6.07) is 9.75. The molecule has 0 N–H and O–H groups in total. The molecule has 0 atom stereocenters. The van der Waals surface area contributed by atoms with Gasteiger partial charge in [-0.2, -0.15) is 4.37 Å². The van der Waals surface area contributed by atoms with E-state index in [0.717, 1.165) is 33.3 Å². The van der Waals surface area contributed by atoms with Gasteiger partial charge in [0.15, 0.2) is 0 Å². The van der Waals surface area contributed by atoms with E-state index in [4.69, 9.17) is 0 Å². The van der Waals surface area contributed by atoms with Crippen molar-refractivity contribution >= 4 is 33.5 Å². The van der Waals surface area contributed by atoms with Crippen LogP contribution in [0.3, 0.4) is 0 Å². The van der Waals surface area contributed by atoms with Crippen molar-refractivity contribution < 1.29 is 0 Å². The number of imidazole rings is 1. The molecule has 0 aliphatic rings. The summed E-state index contributed by atoms with van der Waals surface area (Å²) >= 11 is 1.40. The Balaban J connectivity index is 2.05. The number of aromatic nitrogens is 5. The van der Waals surface area contributed by atoms with E-state index < -0.39 is 0 Å². The van der Waals surface area contributed by atoms with Gasteiger partial charge in [0.1, 0.15) is 28.7 Å². The Morgan fingerprint density at radius 2 is 1.74 bits per heavy atom. The zero-order valence-electron chi connectivity index (χ0n) is 9.69. The van der Waals surface area contributed by atoms with Crippen LogP contribution in [-0.2, 0) is 0 Å². The molecule has 3 heterocycles. The number of fused-ring (bicyclic) bond motifs is 3. The lowest BCUT2D eigenvalue weighted by molar-refractivity contribution is 1.09. The Hall–Kier alpha value is -2.47. The molecular weight excluding hydrogens is 258 g/mol. The molecule has 4 rings (SSSR count). The van der Waals surface area contributed by atoms with Crippen LogP contribution in [0.25, 0.3) is 33.3 Å². The summed E-state index contributed by atoms with van der Waals surface area (Å²) in [6.07, 6.45) is 1.54. The van der Waals surface area contributed by atoms with Crippen LogP contribution in [-0.4, -0.2) is 24.5 Å². The average Bonchev–Trinajstić information content (AvgIpc) is 3.07. The molecule has 0 fully saturated rings. The molecule has 0 aliphatic heterocycles. The Morgan fingerprint density at radius 3 is 2.63 bits per heavy atom. The van der Waals surface area contributed by atoms with Gasteiger partial charge in [-0.1, -0.05) is 12.1 Å². The molecule has 6 heteroatoms. The maximum atomic E-state index is 4.31. The van der Waals surface area contributed by atoms with Gasteiger partial charge in [-0.25, -0.2) is 9.97 Å². The van der Waals surface area contributed by atoms with E-state index in [1.165, 1.54) is 11.5 Å². The van der Waals surface area contributed by atoms with Crippen molar-refractivity contribution in [1.82, 2.24) is 24.5 Å². The Bertz CT molecular complexity index is 873. The van der Waals surface area contributed by atoms with Gasteiger partial charge in [0.05, 0.1) is 5.52 Å². The first kappa shape index (κ1) is 10.5. The molecule has 3 aromatic heterocycles. The highest BCUT2D eigenvalue weighted by Gasteiger charge is 2.06. The van der Waals surface area contributed by atoms with Gasteiger partial charge >= 0.3 is 0 Å². The monoisotopic (exact) mass is 265 g/mol. The van der Waals surface area contributed by atoms with Crippen LogP contribution in [0.2, 0.25) is 0 Å². The van der Waals surface area contributed by atoms with Crippen LogP contribution in [0.15, 0.2) is 42.0 Å². The molecule has 1 aromatic carbocycles. The Kier molecular flexibility index (Phi) is 2.22. The molecule has 0 aliphatic carbocycles. The second kappa shape index (κ2) is 4.03. The van der Waals surface area contributed by atoms with E-state index in [9.17, 15) is 0 Å². The maximum absolute atomic E-state index is 4.31. The first-order chi connectivity index (χ1) is 9.42. The number of nitrogens with zero attached hydrogens (tertiary/aromatic N) is 5. The predicted octanol–water partition coefficient (Wildman–Crippen LogP) is 2.70. The average molecular weight is 265 g/mol. The van der Waals surface area contributed by atoms with E-state index in [1.54, 1.807) is 6.33 Å². The summed E-state index contributed by atoms with van der Waals surface area (Å²) in [6.45, 7) is 0. The van der Waals surface area contributed by atoms with Crippen molar-refractivity contribution in [3.8, 4) is 11.4 Å². The minimum Gasteiger partial charge on any atom is -0.235 e. The van der Waals surface area contributed by atoms with Gasteiger partial charge in [0, 0.05) is 10.8 Å². The quantitative estimate of drug-likeness (QED) is 0.529. The van der Waals surface area contributed by atoms with Crippen LogP contribution in [0.5, 0.6) is 0 Å². The molecule has 90 valence electrons. The fourth-order valence-electron chi connectivity index (χ4n) is 1.99. The molecule has 5 nitrogen and oxygen atoms in total. The van der Waals surface area contributed by atoms with Gasteiger partial charge in [0.25, 0.3) is 0 Å². The lowest BCUT2D eigenvalue weighted by Crippen LogP contribution is -1.82. The molecular formula is C13H7N5S. The maximum Gasteiger partial charge on any atom is 0.121 e. The minimum absolute atomic E-state index is 0.755. The minimum atomic E-state index is 0.755. The number of hydrogen-bond acceptors (Lipinski definition) is 6. The van der Waals surface area contributed by atoms with Crippen molar-refractivity contribution in [2.75, 3.05) is 0 Å². The zero-order chi connectivity index (χ0) is 12.7. The van der Waals surface area contributed by atoms with Crippen molar-refractivity contribution in [1.29, 1.82) is 0 Å². The third-order valence-electron chi connectivity index (χ3n) is 2.92.